The molecule has 2 aromatic carbocycles. The zero-order valence-electron chi connectivity index (χ0n) is 16.2. The molecule has 0 aliphatic rings. The van der Waals surface area contributed by atoms with Crippen molar-refractivity contribution in [3.8, 4) is 11.5 Å². The Kier molecular flexibility index (Phi) is 7.20. The second-order valence-electron chi connectivity index (χ2n) is 8.29. The van der Waals surface area contributed by atoms with Gasteiger partial charge in [-0.05, 0) is 35.4 Å². The molecule has 2 N–H and O–H groups in total. The third-order valence-corrected chi connectivity index (χ3v) is 6.17. The summed E-state index contributed by atoms with van der Waals surface area (Å²) in [7, 11) is 0. The first-order chi connectivity index (χ1) is 12.6. The molecule has 0 saturated heterocycles. The van der Waals surface area contributed by atoms with Crippen LogP contribution in [-0.2, 0) is 0 Å². The Hall–Kier alpha value is -1.26. The summed E-state index contributed by atoms with van der Waals surface area (Å²) >= 11 is 11.9. The Balaban J connectivity index is 2.08. The maximum Gasteiger partial charge on any atom is 0.127 e. The molecular weight excluding hydrogens is 383 g/mol. The Morgan fingerprint density at radius 3 is 1.26 bits per heavy atom. The molecule has 3 nitrogen and oxygen atoms in total. The predicted octanol–water partition coefficient (Wildman–Crippen LogP) is 6.08. The fourth-order valence-electron chi connectivity index (χ4n) is 2.62. The summed E-state index contributed by atoms with van der Waals surface area (Å²) in [6.07, 6.45) is -1.29. The summed E-state index contributed by atoms with van der Waals surface area (Å²) in [6.45, 7) is 7.71. The average molecular weight is 411 g/mol. The minimum absolute atomic E-state index is 0.366. The maximum atomic E-state index is 10.4. The molecule has 2 aromatic rings. The standard InChI is InChI=1S/C22H28Cl2O3/c1-21(2,13-23)19(25)15-5-9-17(10-6-15)27-18-11-7-16(8-12-18)20(26)22(3,4)14-24/h5-12,19-20,25-26H,13-14H2,1-4H3. The highest BCUT2D eigenvalue weighted by molar-refractivity contribution is 6.18. The van der Waals surface area contributed by atoms with Crippen LogP contribution in [0.3, 0.4) is 0 Å². The van der Waals surface area contributed by atoms with Crippen molar-refractivity contribution in [3.05, 3.63) is 59.7 Å². The molecule has 5 heteroatoms. The van der Waals surface area contributed by atoms with E-state index >= 15 is 0 Å². The van der Waals surface area contributed by atoms with Crippen LogP contribution in [0.15, 0.2) is 48.5 Å². The molecule has 0 bridgehead atoms. The monoisotopic (exact) mass is 410 g/mol. The number of hydrogen-bond acceptors (Lipinski definition) is 3. The first-order valence-corrected chi connectivity index (χ1v) is 10.0. The van der Waals surface area contributed by atoms with Gasteiger partial charge in [-0.15, -0.1) is 23.2 Å². The summed E-state index contributed by atoms with van der Waals surface area (Å²) < 4.78 is 5.86. The van der Waals surface area contributed by atoms with Crippen molar-refractivity contribution in [2.45, 2.75) is 39.9 Å². The Labute approximate surface area is 171 Å². The topological polar surface area (TPSA) is 49.7 Å². The van der Waals surface area contributed by atoms with Gasteiger partial charge in [0.05, 0.1) is 12.2 Å². The largest absolute Gasteiger partial charge is 0.457 e. The van der Waals surface area contributed by atoms with Gasteiger partial charge in [0.15, 0.2) is 0 Å². The van der Waals surface area contributed by atoms with Gasteiger partial charge in [-0.3, -0.25) is 0 Å². The van der Waals surface area contributed by atoms with E-state index in [-0.39, 0.29) is 0 Å². The summed E-state index contributed by atoms with van der Waals surface area (Å²) in [5.41, 5.74) is 0.791. The molecule has 0 spiro atoms. The third kappa shape index (κ3) is 5.39. The van der Waals surface area contributed by atoms with Gasteiger partial charge in [0, 0.05) is 22.6 Å². The molecule has 0 aromatic heterocycles. The van der Waals surface area contributed by atoms with Gasteiger partial charge in [0.1, 0.15) is 11.5 Å². The molecule has 0 aliphatic heterocycles. The lowest BCUT2D eigenvalue weighted by molar-refractivity contribution is 0.0650. The van der Waals surface area contributed by atoms with Gasteiger partial charge < -0.3 is 14.9 Å². The number of halogens is 2. The molecule has 2 unspecified atom stereocenters. The lowest BCUT2D eigenvalue weighted by atomic mass is 9.84. The van der Waals surface area contributed by atoms with E-state index in [2.05, 4.69) is 0 Å². The predicted molar refractivity (Wildman–Crippen MR) is 112 cm³/mol. The molecule has 2 rings (SSSR count). The summed E-state index contributed by atoms with van der Waals surface area (Å²) in [6, 6.07) is 14.7. The summed E-state index contributed by atoms with van der Waals surface area (Å²) in [5, 5.41) is 20.9. The van der Waals surface area contributed by atoms with Gasteiger partial charge in [-0.1, -0.05) is 52.0 Å². The van der Waals surface area contributed by atoms with E-state index in [0.717, 1.165) is 11.1 Å². The SMILES string of the molecule is CC(C)(CCl)C(O)c1ccc(Oc2ccc(C(O)C(C)(C)CCl)cc2)cc1. The van der Waals surface area contributed by atoms with Gasteiger partial charge in [0.25, 0.3) is 0 Å². The van der Waals surface area contributed by atoms with Crippen LogP contribution in [0.4, 0.5) is 0 Å². The van der Waals surface area contributed by atoms with Crippen LogP contribution in [0.2, 0.25) is 0 Å². The first-order valence-electron chi connectivity index (χ1n) is 8.96. The van der Waals surface area contributed by atoms with Gasteiger partial charge >= 0.3 is 0 Å². The van der Waals surface area contributed by atoms with Crippen molar-refractivity contribution in [1.29, 1.82) is 0 Å². The first kappa shape index (κ1) is 22.0. The van der Waals surface area contributed by atoms with E-state index in [9.17, 15) is 10.2 Å². The fraction of sp³-hybridized carbons (Fsp3) is 0.455. The molecule has 2 atom stereocenters. The number of ether oxygens (including phenoxy) is 1. The van der Waals surface area contributed by atoms with Gasteiger partial charge in [0.2, 0.25) is 0 Å². The molecule has 0 amide bonds. The Morgan fingerprint density at radius 2 is 1.00 bits per heavy atom. The number of aliphatic hydroxyl groups excluding tert-OH is 2. The molecule has 0 aliphatic carbocycles. The molecule has 0 saturated carbocycles. The second kappa shape index (κ2) is 8.83. The smallest absolute Gasteiger partial charge is 0.127 e. The number of benzene rings is 2. The van der Waals surface area contributed by atoms with E-state index in [1.165, 1.54) is 0 Å². The third-order valence-electron chi connectivity index (χ3n) is 4.80. The van der Waals surface area contributed by atoms with Crippen molar-refractivity contribution in [2.24, 2.45) is 10.8 Å². The molecule has 148 valence electrons. The normalized spacial score (nSPS) is 14.7. The highest BCUT2D eigenvalue weighted by Crippen LogP contribution is 2.36. The highest BCUT2D eigenvalue weighted by Gasteiger charge is 2.29. The highest BCUT2D eigenvalue weighted by atomic mass is 35.5. The zero-order chi connectivity index (χ0) is 20.2. The van der Waals surface area contributed by atoms with E-state index in [4.69, 9.17) is 27.9 Å². The number of rotatable bonds is 8. The van der Waals surface area contributed by atoms with Crippen LogP contribution in [0, 0.1) is 10.8 Å². The van der Waals surface area contributed by atoms with Crippen molar-refractivity contribution in [3.63, 3.8) is 0 Å². The fourth-order valence-corrected chi connectivity index (χ4v) is 2.91. The Bertz CT molecular complexity index is 661. The quantitative estimate of drug-likeness (QED) is 0.518. The average Bonchev–Trinajstić information content (AvgIpc) is 2.68. The molecule has 0 heterocycles. The lowest BCUT2D eigenvalue weighted by Crippen LogP contribution is -2.23. The number of aliphatic hydroxyl groups is 2. The van der Waals surface area contributed by atoms with Crippen LogP contribution in [0.5, 0.6) is 11.5 Å². The van der Waals surface area contributed by atoms with E-state index in [1.54, 1.807) is 0 Å². The zero-order valence-corrected chi connectivity index (χ0v) is 17.8. The minimum atomic E-state index is -0.643. The number of alkyl halides is 2. The van der Waals surface area contributed by atoms with Crippen LogP contribution in [-0.4, -0.2) is 22.0 Å². The molecular formula is C22H28Cl2O3. The maximum absolute atomic E-state index is 10.4. The molecule has 27 heavy (non-hydrogen) atoms. The van der Waals surface area contributed by atoms with Crippen molar-refractivity contribution in [1.82, 2.24) is 0 Å². The summed E-state index contributed by atoms with van der Waals surface area (Å²) in [4.78, 5) is 0. The van der Waals surface area contributed by atoms with E-state index in [1.807, 2.05) is 76.2 Å². The van der Waals surface area contributed by atoms with Crippen LogP contribution in [0.25, 0.3) is 0 Å². The van der Waals surface area contributed by atoms with E-state index in [0.29, 0.717) is 23.3 Å². The van der Waals surface area contributed by atoms with E-state index < -0.39 is 23.0 Å². The van der Waals surface area contributed by atoms with Crippen LogP contribution >= 0.6 is 23.2 Å². The van der Waals surface area contributed by atoms with Crippen LogP contribution in [0.1, 0.15) is 51.0 Å². The van der Waals surface area contributed by atoms with Crippen molar-refractivity contribution >= 4 is 23.2 Å². The lowest BCUT2D eigenvalue weighted by Gasteiger charge is -2.28. The minimum Gasteiger partial charge on any atom is -0.457 e. The molecule has 0 radical (unpaired) electrons. The molecule has 0 fully saturated rings. The van der Waals surface area contributed by atoms with Crippen molar-refractivity contribution in [2.75, 3.05) is 11.8 Å². The summed E-state index contributed by atoms with van der Waals surface area (Å²) in [5.74, 6) is 2.07. The van der Waals surface area contributed by atoms with Gasteiger partial charge in [-0.25, -0.2) is 0 Å². The van der Waals surface area contributed by atoms with Gasteiger partial charge in [-0.2, -0.15) is 0 Å². The second-order valence-corrected chi connectivity index (χ2v) is 8.82. The number of hydrogen-bond donors (Lipinski definition) is 2. The van der Waals surface area contributed by atoms with Crippen LogP contribution < -0.4 is 4.74 Å². The van der Waals surface area contributed by atoms with Crippen molar-refractivity contribution < 1.29 is 14.9 Å². The Morgan fingerprint density at radius 1 is 0.704 bits per heavy atom.